The molecule has 0 aromatic heterocycles. The van der Waals surface area contributed by atoms with Crippen LogP contribution in [0.25, 0.3) is 0 Å². The minimum Gasteiger partial charge on any atom is -0.283 e. The Morgan fingerprint density at radius 1 is 0.871 bits per heavy atom. The molecule has 0 aliphatic carbocycles. The summed E-state index contributed by atoms with van der Waals surface area (Å²) in [4.78, 5) is 0.245. The average molecular weight is 477 g/mol. The van der Waals surface area contributed by atoms with Crippen LogP contribution in [0.15, 0.2) is 77.7 Å². The molecule has 3 aromatic rings. The lowest BCUT2D eigenvalue weighted by Gasteiger charge is -2.28. The Hall–Kier alpha value is -2.39. The van der Waals surface area contributed by atoms with E-state index in [1.807, 2.05) is 6.07 Å². The second kappa shape index (κ2) is 8.63. The molecule has 0 fully saturated rings. The highest BCUT2D eigenvalue weighted by Crippen LogP contribution is 2.28. The molecule has 1 aliphatic rings. The van der Waals surface area contributed by atoms with Gasteiger partial charge in [-0.25, -0.2) is 16.8 Å². The van der Waals surface area contributed by atoms with Crippen LogP contribution in [-0.4, -0.2) is 27.7 Å². The summed E-state index contributed by atoms with van der Waals surface area (Å²) in [7, 11) is -7.31. The van der Waals surface area contributed by atoms with Gasteiger partial charge in [-0.3, -0.25) is 4.72 Å². The summed E-state index contributed by atoms with van der Waals surface area (Å²) in [6, 6.07) is 20.3. The normalized spacial score (nSPS) is 14.7. The SMILES string of the molecule is O=S(=O)(Cc1ccccc1Cl)Nc1ccc2c(c1)CN(S(=O)(=O)c1ccccc1)CC2. The zero-order chi connectivity index (χ0) is 22.1. The Balaban J connectivity index is 1.54. The number of anilines is 1. The van der Waals surface area contributed by atoms with E-state index < -0.39 is 20.0 Å². The van der Waals surface area contributed by atoms with Gasteiger partial charge in [0.05, 0.1) is 10.6 Å². The maximum Gasteiger partial charge on any atom is 0.243 e. The van der Waals surface area contributed by atoms with Crippen molar-refractivity contribution in [1.29, 1.82) is 0 Å². The van der Waals surface area contributed by atoms with Crippen LogP contribution >= 0.6 is 11.6 Å². The third-order valence-corrected chi connectivity index (χ3v) is 8.61. The second-order valence-corrected chi connectivity index (χ2v) is 11.4. The molecule has 0 bridgehead atoms. The fourth-order valence-electron chi connectivity index (χ4n) is 3.58. The van der Waals surface area contributed by atoms with E-state index in [2.05, 4.69) is 4.72 Å². The lowest BCUT2D eigenvalue weighted by atomic mass is 10.0. The number of nitrogens with one attached hydrogen (secondary N) is 1. The van der Waals surface area contributed by atoms with Crippen molar-refractivity contribution in [3.05, 3.63) is 94.5 Å². The van der Waals surface area contributed by atoms with E-state index in [9.17, 15) is 16.8 Å². The topological polar surface area (TPSA) is 83.6 Å². The van der Waals surface area contributed by atoms with E-state index in [4.69, 9.17) is 11.6 Å². The zero-order valence-corrected chi connectivity index (χ0v) is 18.9. The summed E-state index contributed by atoms with van der Waals surface area (Å²) in [6.45, 7) is 0.564. The molecule has 1 aliphatic heterocycles. The van der Waals surface area contributed by atoms with Crippen molar-refractivity contribution >= 4 is 37.3 Å². The maximum atomic E-state index is 12.9. The molecule has 0 radical (unpaired) electrons. The molecule has 3 aromatic carbocycles. The number of halogens is 1. The molecule has 31 heavy (non-hydrogen) atoms. The van der Waals surface area contributed by atoms with Gasteiger partial charge in [0, 0.05) is 23.8 Å². The summed E-state index contributed by atoms with van der Waals surface area (Å²) in [5.41, 5.74) is 2.69. The monoisotopic (exact) mass is 476 g/mol. The lowest BCUT2D eigenvalue weighted by Crippen LogP contribution is -2.36. The van der Waals surface area contributed by atoms with Crippen LogP contribution in [0.2, 0.25) is 5.02 Å². The van der Waals surface area contributed by atoms with E-state index >= 15 is 0 Å². The van der Waals surface area contributed by atoms with Crippen LogP contribution in [0.3, 0.4) is 0 Å². The van der Waals surface area contributed by atoms with E-state index in [0.717, 1.165) is 11.1 Å². The van der Waals surface area contributed by atoms with Crippen molar-refractivity contribution in [2.45, 2.75) is 23.6 Å². The largest absolute Gasteiger partial charge is 0.283 e. The third kappa shape index (κ3) is 4.93. The number of benzene rings is 3. The molecule has 0 atom stereocenters. The Bertz CT molecular complexity index is 1310. The van der Waals surface area contributed by atoms with E-state index in [1.165, 1.54) is 4.31 Å². The smallest absolute Gasteiger partial charge is 0.243 e. The first-order valence-corrected chi connectivity index (χ1v) is 13.1. The standard InChI is InChI=1S/C22H21ClN2O4S2/c23-22-9-5-4-6-18(22)16-30(26,27)24-20-11-10-17-12-13-25(15-19(17)14-20)31(28,29)21-7-2-1-3-8-21/h1-11,14,24H,12-13,15-16H2. The van der Waals surface area contributed by atoms with Gasteiger partial charge in [0.2, 0.25) is 20.0 Å². The Morgan fingerprint density at radius 2 is 1.58 bits per heavy atom. The van der Waals surface area contributed by atoms with Gasteiger partial charge in [-0.1, -0.05) is 54.1 Å². The summed E-state index contributed by atoms with van der Waals surface area (Å²) < 4.78 is 55.1. The average Bonchev–Trinajstić information content (AvgIpc) is 2.75. The summed E-state index contributed by atoms with van der Waals surface area (Å²) in [5, 5.41) is 0.389. The molecular formula is C22H21ClN2O4S2. The van der Waals surface area contributed by atoms with E-state index in [0.29, 0.717) is 29.2 Å². The molecule has 0 saturated heterocycles. The quantitative estimate of drug-likeness (QED) is 0.582. The van der Waals surface area contributed by atoms with Crippen molar-refractivity contribution < 1.29 is 16.8 Å². The number of fused-ring (bicyclic) bond motifs is 1. The van der Waals surface area contributed by atoms with Crippen LogP contribution < -0.4 is 4.72 Å². The Kier molecular flexibility index (Phi) is 6.07. The highest BCUT2D eigenvalue weighted by molar-refractivity contribution is 7.92. The van der Waals surface area contributed by atoms with Gasteiger partial charge in [-0.05, 0) is 53.4 Å². The van der Waals surface area contributed by atoms with Gasteiger partial charge in [0.1, 0.15) is 0 Å². The maximum absolute atomic E-state index is 12.9. The van der Waals surface area contributed by atoms with Crippen molar-refractivity contribution in [1.82, 2.24) is 4.31 Å². The molecule has 1 N–H and O–H groups in total. The zero-order valence-electron chi connectivity index (χ0n) is 16.5. The Labute approximate surface area is 187 Å². The van der Waals surface area contributed by atoms with Crippen LogP contribution in [0.5, 0.6) is 0 Å². The lowest BCUT2D eigenvalue weighted by molar-refractivity contribution is 0.391. The summed E-state index contributed by atoms with van der Waals surface area (Å²) in [6.07, 6.45) is 0.564. The fourth-order valence-corrected chi connectivity index (χ4v) is 6.52. The molecule has 0 unspecified atom stereocenters. The van der Waals surface area contributed by atoms with Crippen molar-refractivity contribution in [2.24, 2.45) is 0 Å². The first kappa shape index (κ1) is 21.8. The number of hydrogen-bond donors (Lipinski definition) is 1. The van der Waals surface area contributed by atoms with Crippen molar-refractivity contribution in [2.75, 3.05) is 11.3 Å². The number of sulfonamides is 2. The molecule has 0 saturated carbocycles. The number of nitrogens with zero attached hydrogens (tertiary/aromatic N) is 1. The molecule has 6 nitrogen and oxygen atoms in total. The summed E-state index contributed by atoms with van der Waals surface area (Å²) >= 11 is 6.08. The van der Waals surface area contributed by atoms with Gasteiger partial charge in [-0.2, -0.15) is 4.31 Å². The fraction of sp³-hybridized carbons (Fsp3) is 0.182. The molecule has 4 rings (SSSR count). The van der Waals surface area contributed by atoms with Gasteiger partial charge >= 0.3 is 0 Å². The number of rotatable bonds is 6. The van der Waals surface area contributed by atoms with Crippen LogP contribution in [0.1, 0.15) is 16.7 Å². The van der Waals surface area contributed by atoms with Gasteiger partial charge in [0.25, 0.3) is 0 Å². The molecule has 162 valence electrons. The highest BCUT2D eigenvalue weighted by atomic mass is 35.5. The minimum atomic E-state index is -3.69. The predicted molar refractivity (Wildman–Crippen MR) is 122 cm³/mol. The molecule has 1 heterocycles. The number of hydrogen-bond acceptors (Lipinski definition) is 4. The van der Waals surface area contributed by atoms with Gasteiger partial charge < -0.3 is 0 Å². The second-order valence-electron chi connectivity index (χ2n) is 7.34. The van der Waals surface area contributed by atoms with Gasteiger partial charge in [0.15, 0.2) is 0 Å². The van der Waals surface area contributed by atoms with Crippen molar-refractivity contribution in [3.63, 3.8) is 0 Å². The van der Waals surface area contributed by atoms with Crippen LogP contribution in [0, 0.1) is 0 Å². The molecule has 0 spiro atoms. The molecule has 9 heteroatoms. The Morgan fingerprint density at radius 3 is 2.32 bits per heavy atom. The van der Waals surface area contributed by atoms with Crippen LogP contribution in [0.4, 0.5) is 5.69 Å². The van der Waals surface area contributed by atoms with E-state index in [1.54, 1.807) is 66.7 Å². The molecular weight excluding hydrogens is 456 g/mol. The highest BCUT2D eigenvalue weighted by Gasteiger charge is 2.28. The molecule has 0 amide bonds. The first-order chi connectivity index (χ1) is 14.7. The predicted octanol–water partition coefficient (Wildman–Crippen LogP) is 4.03. The first-order valence-electron chi connectivity index (χ1n) is 9.65. The van der Waals surface area contributed by atoms with E-state index in [-0.39, 0.29) is 17.2 Å². The third-order valence-electron chi connectivity index (χ3n) is 5.14. The summed E-state index contributed by atoms with van der Waals surface area (Å²) in [5.74, 6) is -0.252. The van der Waals surface area contributed by atoms with Crippen molar-refractivity contribution in [3.8, 4) is 0 Å². The minimum absolute atomic E-state index is 0.187. The van der Waals surface area contributed by atoms with Crippen LogP contribution in [-0.2, 0) is 38.8 Å². The van der Waals surface area contributed by atoms with Gasteiger partial charge in [-0.15, -0.1) is 0 Å².